The van der Waals surface area contributed by atoms with Crippen LogP contribution in [0.15, 0.2) is 24.3 Å². The second-order valence-corrected chi connectivity index (χ2v) is 5.08. The molecule has 0 saturated carbocycles. The molecule has 0 bridgehead atoms. The summed E-state index contributed by atoms with van der Waals surface area (Å²) in [5, 5.41) is 22.7. The summed E-state index contributed by atoms with van der Waals surface area (Å²) >= 11 is 6.00. The third kappa shape index (κ3) is 5.36. The zero-order chi connectivity index (χ0) is 13.4. The highest BCUT2D eigenvalue weighted by Crippen LogP contribution is 2.21. The van der Waals surface area contributed by atoms with Crippen LogP contribution in [0.3, 0.4) is 0 Å². The molecule has 0 radical (unpaired) electrons. The van der Waals surface area contributed by atoms with E-state index in [0.29, 0.717) is 17.5 Å². The Bertz CT molecular complexity index is 346. The fourth-order valence-corrected chi connectivity index (χ4v) is 2.02. The first kappa shape index (κ1) is 15.4. The smallest absolute Gasteiger partial charge is 0.0928 e. The molecule has 102 valence electrons. The minimum Gasteiger partial charge on any atom is -0.396 e. The van der Waals surface area contributed by atoms with Crippen molar-refractivity contribution in [3.8, 4) is 0 Å². The molecule has 0 aliphatic carbocycles. The molecular formula is C14H22ClNO2. The van der Waals surface area contributed by atoms with Crippen molar-refractivity contribution >= 4 is 11.6 Å². The van der Waals surface area contributed by atoms with Crippen LogP contribution in [-0.2, 0) is 0 Å². The Morgan fingerprint density at radius 2 is 2.06 bits per heavy atom. The van der Waals surface area contributed by atoms with Crippen molar-refractivity contribution in [3.63, 3.8) is 0 Å². The van der Waals surface area contributed by atoms with E-state index in [9.17, 15) is 5.11 Å². The average Bonchev–Trinajstić information content (AvgIpc) is 2.38. The van der Waals surface area contributed by atoms with Crippen molar-refractivity contribution in [2.45, 2.75) is 25.9 Å². The lowest BCUT2D eigenvalue weighted by Crippen LogP contribution is -2.23. The Balaban J connectivity index is 2.22. The van der Waals surface area contributed by atoms with Crippen LogP contribution < -0.4 is 5.32 Å². The standard InChI is InChI=1S/C14H22ClNO2/c1-11(10-17)5-4-8-16-9-14(18)12-6-2-3-7-13(12)15/h2-3,6-7,11,14,16-18H,4-5,8-10H2,1H3. The normalized spacial score (nSPS) is 14.4. The van der Waals surface area contributed by atoms with E-state index in [1.165, 1.54) is 0 Å². The first-order chi connectivity index (χ1) is 8.65. The van der Waals surface area contributed by atoms with Gasteiger partial charge in [-0.2, -0.15) is 0 Å². The fourth-order valence-electron chi connectivity index (χ4n) is 1.76. The molecule has 2 atom stereocenters. The van der Waals surface area contributed by atoms with Gasteiger partial charge in [-0.05, 0) is 31.4 Å². The predicted molar refractivity (Wildman–Crippen MR) is 74.8 cm³/mol. The van der Waals surface area contributed by atoms with Crippen LogP contribution >= 0.6 is 11.6 Å². The van der Waals surface area contributed by atoms with Gasteiger partial charge in [-0.25, -0.2) is 0 Å². The summed E-state index contributed by atoms with van der Waals surface area (Å²) < 4.78 is 0. The Labute approximate surface area is 114 Å². The van der Waals surface area contributed by atoms with E-state index in [2.05, 4.69) is 5.32 Å². The second kappa shape index (κ2) is 8.48. The van der Waals surface area contributed by atoms with Gasteiger partial charge in [0.2, 0.25) is 0 Å². The third-order valence-electron chi connectivity index (χ3n) is 2.96. The number of aliphatic hydroxyl groups is 2. The molecular weight excluding hydrogens is 250 g/mol. The van der Waals surface area contributed by atoms with Crippen molar-refractivity contribution in [3.05, 3.63) is 34.9 Å². The molecule has 0 aromatic heterocycles. The first-order valence-electron chi connectivity index (χ1n) is 6.39. The third-order valence-corrected chi connectivity index (χ3v) is 3.31. The maximum absolute atomic E-state index is 9.97. The average molecular weight is 272 g/mol. The molecule has 0 aliphatic heterocycles. The second-order valence-electron chi connectivity index (χ2n) is 4.67. The first-order valence-corrected chi connectivity index (χ1v) is 6.77. The van der Waals surface area contributed by atoms with Gasteiger partial charge in [-0.3, -0.25) is 0 Å². The van der Waals surface area contributed by atoms with E-state index in [0.717, 1.165) is 24.9 Å². The lowest BCUT2D eigenvalue weighted by molar-refractivity contribution is 0.174. The van der Waals surface area contributed by atoms with Crippen molar-refractivity contribution in [2.24, 2.45) is 5.92 Å². The molecule has 0 fully saturated rings. The maximum Gasteiger partial charge on any atom is 0.0928 e. The number of halogens is 1. The summed E-state index contributed by atoms with van der Waals surface area (Å²) in [5.41, 5.74) is 0.760. The molecule has 3 nitrogen and oxygen atoms in total. The lowest BCUT2D eigenvalue weighted by Gasteiger charge is -2.14. The molecule has 0 aliphatic rings. The molecule has 1 rings (SSSR count). The molecule has 0 heterocycles. The van der Waals surface area contributed by atoms with Gasteiger partial charge < -0.3 is 15.5 Å². The maximum atomic E-state index is 9.97. The molecule has 4 heteroatoms. The molecule has 0 amide bonds. The highest BCUT2D eigenvalue weighted by atomic mass is 35.5. The zero-order valence-electron chi connectivity index (χ0n) is 10.8. The number of benzene rings is 1. The van der Waals surface area contributed by atoms with Gasteiger partial charge in [-0.1, -0.05) is 36.7 Å². The van der Waals surface area contributed by atoms with E-state index >= 15 is 0 Å². The Morgan fingerprint density at radius 3 is 2.72 bits per heavy atom. The zero-order valence-corrected chi connectivity index (χ0v) is 11.5. The quantitative estimate of drug-likeness (QED) is 0.637. The van der Waals surface area contributed by atoms with Crippen LogP contribution in [0.25, 0.3) is 0 Å². The molecule has 1 aromatic carbocycles. The Kier molecular flexibility index (Phi) is 7.28. The monoisotopic (exact) mass is 271 g/mol. The van der Waals surface area contributed by atoms with Crippen molar-refractivity contribution in [2.75, 3.05) is 19.7 Å². The SMILES string of the molecule is CC(CO)CCCNCC(O)c1ccccc1Cl. The molecule has 1 aromatic rings. The molecule has 0 saturated heterocycles. The van der Waals surface area contributed by atoms with Crippen molar-refractivity contribution < 1.29 is 10.2 Å². The van der Waals surface area contributed by atoms with Crippen LogP contribution in [0.4, 0.5) is 0 Å². The number of aliphatic hydroxyl groups excluding tert-OH is 2. The summed E-state index contributed by atoms with van der Waals surface area (Å²) in [5.74, 6) is 0.347. The Morgan fingerprint density at radius 1 is 1.33 bits per heavy atom. The summed E-state index contributed by atoms with van der Waals surface area (Å²) in [6.45, 7) is 3.60. The largest absolute Gasteiger partial charge is 0.396 e. The highest BCUT2D eigenvalue weighted by Gasteiger charge is 2.10. The van der Waals surface area contributed by atoms with Crippen LogP contribution in [-0.4, -0.2) is 29.9 Å². The Hall–Kier alpha value is -0.610. The van der Waals surface area contributed by atoms with Crippen LogP contribution in [0, 0.1) is 5.92 Å². The van der Waals surface area contributed by atoms with Crippen LogP contribution in [0.2, 0.25) is 5.02 Å². The van der Waals surface area contributed by atoms with Gasteiger partial charge in [-0.15, -0.1) is 0 Å². The summed E-state index contributed by atoms with van der Waals surface area (Å²) in [4.78, 5) is 0. The summed E-state index contributed by atoms with van der Waals surface area (Å²) in [6.07, 6.45) is 1.41. The van der Waals surface area contributed by atoms with Crippen molar-refractivity contribution in [1.29, 1.82) is 0 Å². The van der Waals surface area contributed by atoms with E-state index < -0.39 is 6.10 Å². The molecule has 18 heavy (non-hydrogen) atoms. The summed E-state index contributed by atoms with van der Waals surface area (Å²) in [6, 6.07) is 7.33. The molecule has 0 spiro atoms. The van der Waals surface area contributed by atoms with Gasteiger partial charge in [0.15, 0.2) is 0 Å². The van der Waals surface area contributed by atoms with Gasteiger partial charge in [0.25, 0.3) is 0 Å². The number of hydrogen-bond acceptors (Lipinski definition) is 3. The van der Waals surface area contributed by atoms with E-state index in [1.54, 1.807) is 6.07 Å². The van der Waals surface area contributed by atoms with Crippen LogP contribution in [0.1, 0.15) is 31.4 Å². The number of rotatable bonds is 8. The minimum atomic E-state index is -0.575. The van der Waals surface area contributed by atoms with Crippen LogP contribution in [0.5, 0.6) is 0 Å². The van der Waals surface area contributed by atoms with Gasteiger partial charge >= 0.3 is 0 Å². The number of nitrogens with one attached hydrogen (secondary N) is 1. The predicted octanol–water partition coefficient (Wildman–Crippen LogP) is 2.37. The van der Waals surface area contributed by atoms with E-state index in [1.807, 2.05) is 25.1 Å². The van der Waals surface area contributed by atoms with Gasteiger partial charge in [0.05, 0.1) is 6.10 Å². The van der Waals surface area contributed by atoms with Gasteiger partial charge in [0.1, 0.15) is 0 Å². The van der Waals surface area contributed by atoms with Crippen molar-refractivity contribution in [1.82, 2.24) is 5.32 Å². The fraction of sp³-hybridized carbons (Fsp3) is 0.571. The highest BCUT2D eigenvalue weighted by molar-refractivity contribution is 6.31. The lowest BCUT2D eigenvalue weighted by atomic mass is 10.1. The molecule has 2 unspecified atom stereocenters. The number of hydrogen-bond donors (Lipinski definition) is 3. The molecule has 3 N–H and O–H groups in total. The van der Waals surface area contributed by atoms with Gasteiger partial charge in [0, 0.05) is 23.7 Å². The summed E-state index contributed by atoms with van der Waals surface area (Å²) in [7, 11) is 0. The van der Waals surface area contributed by atoms with E-state index in [-0.39, 0.29) is 6.61 Å². The van der Waals surface area contributed by atoms with E-state index in [4.69, 9.17) is 16.7 Å². The minimum absolute atomic E-state index is 0.238. The topological polar surface area (TPSA) is 52.5 Å².